The molecule has 21 heavy (non-hydrogen) atoms. The molecule has 1 aliphatic carbocycles. The van der Waals surface area contributed by atoms with Gasteiger partial charge in [-0.25, -0.2) is 4.98 Å². The highest BCUT2D eigenvalue weighted by Crippen LogP contribution is 2.35. The molecule has 2 heterocycles. The highest BCUT2D eigenvalue weighted by atomic mass is 32.1. The fraction of sp³-hybridized carbons (Fsp3) is 0.533. The summed E-state index contributed by atoms with van der Waals surface area (Å²) in [6.07, 6.45) is 3.38. The average Bonchev–Trinajstić information content (AvgIpc) is 3.03. The molecule has 112 valence electrons. The van der Waals surface area contributed by atoms with Gasteiger partial charge in [-0.2, -0.15) is 0 Å². The number of amides is 1. The van der Waals surface area contributed by atoms with E-state index < -0.39 is 0 Å². The Hall–Kier alpha value is -1.69. The molecule has 0 radical (unpaired) electrons. The summed E-state index contributed by atoms with van der Waals surface area (Å²) < 4.78 is 5.06. The van der Waals surface area contributed by atoms with Gasteiger partial charge in [-0.05, 0) is 33.1 Å². The first-order valence-corrected chi connectivity index (χ1v) is 8.01. The zero-order valence-electron chi connectivity index (χ0n) is 12.5. The van der Waals surface area contributed by atoms with E-state index >= 15 is 0 Å². The molecule has 2 aromatic heterocycles. The third kappa shape index (κ3) is 2.85. The molecule has 1 amide bonds. The Labute approximate surface area is 128 Å². The largest absolute Gasteiger partial charge is 0.351 e. The van der Waals surface area contributed by atoms with Crippen molar-refractivity contribution in [3.05, 3.63) is 33.1 Å². The van der Waals surface area contributed by atoms with Crippen LogP contribution in [0.1, 0.15) is 50.6 Å². The van der Waals surface area contributed by atoms with Crippen molar-refractivity contribution in [3.8, 4) is 0 Å². The summed E-state index contributed by atoms with van der Waals surface area (Å²) in [4.78, 5) is 20.1. The molecular formula is C15H19N3O2S. The lowest BCUT2D eigenvalue weighted by Crippen LogP contribution is -2.32. The predicted molar refractivity (Wildman–Crippen MR) is 80.7 cm³/mol. The van der Waals surface area contributed by atoms with E-state index in [-0.39, 0.29) is 5.91 Å². The number of hydrogen-bond acceptors (Lipinski definition) is 5. The summed E-state index contributed by atoms with van der Waals surface area (Å²) in [5, 5.41) is 4.89. The maximum Gasteiger partial charge on any atom is 0.292 e. The van der Waals surface area contributed by atoms with E-state index in [1.165, 1.54) is 17.0 Å². The van der Waals surface area contributed by atoms with Gasteiger partial charge in [-0.1, -0.05) is 5.16 Å². The lowest BCUT2D eigenvalue weighted by molar-refractivity contribution is 0.0741. The van der Waals surface area contributed by atoms with Gasteiger partial charge in [-0.3, -0.25) is 4.79 Å². The van der Waals surface area contributed by atoms with Crippen LogP contribution < -0.4 is 0 Å². The highest BCUT2D eigenvalue weighted by Gasteiger charge is 2.27. The van der Waals surface area contributed by atoms with Crippen molar-refractivity contribution in [2.75, 3.05) is 13.6 Å². The Kier molecular flexibility index (Phi) is 3.80. The molecule has 0 aliphatic heterocycles. The summed E-state index contributed by atoms with van der Waals surface area (Å²) in [5.41, 5.74) is 1.92. The minimum absolute atomic E-state index is 0.116. The molecule has 0 saturated carbocycles. The lowest BCUT2D eigenvalue weighted by Gasteiger charge is -2.26. The number of likely N-dealkylation sites (N-methyl/N-ethyl adjacent to an activating group) is 1. The van der Waals surface area contributed by atoms with Crippen LogP contribution in [0.5, 0.6) is 0 Å². The molecule has 0 saturated heterocycles. The van der Waals surface area contributed by atoms with Crippen molar-refractivity contribution in [2.45, 2.75) is 39.0 Å². The third-order valence-corrected chi connectivity index (χ3v) is 4.90. The normalized spacial score (nSPS) is 17.6. The number of thiazole rings is 1. The van der Waals surface area contributed by atoms with E-state index in [0.29, 0.717) is 18.2 Å². The number of rotatable bonds is 3. The second-order valence-electron chi connectivity index (χ2n) is 5.65. The Morgan fingerprint density at radius 2 is 2.33 bits per heavy atom. The Balaban J connectivity index is 1.73. The monoisotopic (exact) mass is 305 g/mol. The Morgan fingerprint density at radius 3 is 3.05 bits per heavy atom. The van der Waals surface area contributed by atoms with Gasteiger partial charge in [0, 0.05) is 30.5 Å². The third-order valence-electron chi connectivity index (χ3n) is 3.86. The van der Waals surface area contributed by atoms with Crippen molar-refractivity contribution < 1.29 is 9.32 Å². The molecule has 0 unspecified atom stereocenters. The van der Waals surface area contributed by atoms with E-state index in [1.807, 2.05) is 20.9 Å². The maximum absolute atomic E-state index is 12.3. The highest BCUT2D eigenvalue weighted by molar-refractivity contribution is 7.11. The zero-order valence-corrected chi connectivity index (χ0v) is 13.4. The standard InChI is InChI=1S/C15H19N3O2S/c1-9-7-12(20-17-9)15(19)18(3)8-11-5-4-6-13-14(11)16-10(2)21-13/h7,11H,4-6,8H2,1-3H3/t11-/m0/s1. The minimum atomic E-state index is -0.116. The summed E-state index contributed by atoms with van der Waals surface area (Å²) in [6.45, 7) is 4.53. The van der Waals surface area contributed by atoms with Crippen molar-refractivity contribution >= 4 is 17.2 Å². The predicted octanol–water partition coefficient (Wildman–Crippen LogP) is 2.94. The topological polar surface area (TPSA) is 59.2 Å². The molecule has 0 bridgehead atoms. The maximum atomic E-state index is 12.3. The molecule has 1 aliphatic rings. The Morgan fingerprint density at radius 1 is 1.52 bits per heavy atom. The van der Waals surface area contributed by atoms with Gasteiger partial charge < -0.3 is 9.42 Å². The molecule has 6 heteroatoms. The van der Waals surface area contributed by atoms with Crippen LogP contribution in [0.4, 0.5) is 0 Å². The van der Waals surface area contributed by atoms with Crippen molar-refractivity contribution in [1.82, 2.24) is 15.0 Å². The van der Waals surface area contributed by atoms with E-state index in [1.54, 1.807) is 22.3 Å². The molecule has 2 aromatic rings. The van der Waals surface area contributed by atoms with Crippen LogP contribution in [-0.4, -0.2) is 34.5 Å². The number of carbonyl (C=O) groups is 1. The van der Waals surface area contributed by atoms with Gasteiger partial charge in [0.25, 0.3) is 5.91 Å². The summed E-state index contributed by atoms with van der Waals surface area (Å²) in [6, 6.07) is 1.68. The van der Waals surface area contributed by atoms with Gasteiger partial charge in [0.2, 0.25) is 5.76 Å². The van der Waals surface area contributed by atoms with Gasteiger partial charge in [-0.15, -0.1) is 11.3 Å². The average molecular weight is 305 g/mol. The van der Waals surface area contributed by atoms with E-state index in [2.05, 4.69) is 10.1 Å². The first kappa shape index (κ1) is 14.3. The molecule has 0 spiro atoms. The fourth-order valence-corrected chi connectivity index (χ4v) is 3.94. The number of aromatic nitrogens is 2. The zero-order chi connectivity index (χ0) is 15.0. The number of nitrogens with zero attached hydrogens (tertiary/aromatic N) is 3. The van der Waals surface area contributed by atoms with Crippen LogP contribution >= 0.6 is 11.3 Å². The molecular weight excluding hydrogens is 286 g/mol. The molecule has 0 N–H and O–H groups in total. The van der Waals surface area contributed by atoms with Gasteiger partial charge in [0.05, 0.1) is 16.4 Å². The molecule has 0 aromatic carbocycles. The van der Waals surface area contributed by atoms with E-state index in [9.17, 15) is 4.79 Å². The second kappa shape index (κ2) is 5.60. The number of fused-ring (bicyclic) bond motifs is 1. The molecule has 0 fully saturated rings. The van der Waals surface area contributed by atoms with E-state index in [4.69, 9.17) is 4.52 Å². The van der Waals surface area contributed by atoms with Gasteiger partial charge >= 0.3 is 0 Å². The van der Waals surface area contributed by atoms with Crippen LogP contribution in [0.25, 0.3) is 0 Å². The summed E-state index contributed by atoms with van der Waals surface area (Å²) in [7, 11) is 1.81. The van der Waals surface area contributed by atoms with E-state index in [0.717, 1.165) is 23.5 Å². The van der Waals surface area contributed by atoms with Crippen LogP contribution in [-0.2, 0) is 6.42 Å². The summed E-state index contributed by atoms with van der Waals surface area (Å²) >= 11 is 1.79. The molecule has 5 nitrogen and oxygen atoms in total. The lowest BCUT2D eigenvalue weighted by atomic mass is 9.90. The van der Waals surface area contributed by atoms with Gasteiger partial charge in [0.1, 0.15) is 0 Å². The first-order valence-electron chi connectivity index (χ1n) is 7.19. The smallest absolute Gasteiger partial charge is 0.292 e. The van der Waals surface area contributed by atoms with Gasteiger partial charge in [0.15, 0.2) is 0 Å². The minimum Gasteiger partial charge on any atom is -0.351 e. The second-order valence-corrected chi connectivity index (χ2v) is 6.94. The quantitative estimate of drug-likeness (QED) is 0.875. The van der Waals surface area contributed by atoms with Crippen molar-refractivity contribution in [2.24, 2.45) is 0 Å². The molecule has 3 rings (SSSR count). The van der Waals surface area contributed by atoms with Crippen LogP contribution in [0.2, 0.25) is 0 Å². The van der Waals surface area contributed by atoms with Crippen molar-refractivity contribution in [3.63, 3.8) is 0 Å². The molecule has 1 atom stereocenters. The van der Waals surface area contributed by atoms with Crippen molar-refractivity contribution in [1.29, 1.82) is 0 Å². The van der Waals surface area contributed by atoms with Crippen LogP contribution in [0.15, 0.2) is 10.6 Å². The Bertz CT molecular complexity index is 662. The fourth-order valence-electron chi connectivity index (χ4n) is 2.87. The first-order chi connectivity index (χ1) is 10.0. The van der Waals surface area contributed by atoms with Crippen LogP contribution in [0.3, 0.4) is 0 Å². The number of carbonyl (C=O) groups excluding carboxylic acids is 1. The van der Waals surface area contributed by atoms with Crippen LogP contribution in [0, 0.1) is 13.8 Å². The SMILES string of the molecule is Cc1cc(C(=O)N(C)C[C@@H]2CCCc3sc(C)nc32)on1. The number of aryl methyl sites for hydroxylation is 3. The summed E-state index contributed by atoms with van der Waals surface area (Å²) in [5.74, 6) is 0.520. The number of hydrogen-bond donors (Lipinski definition) is 0.